The standard InChI is InChI=1S/C17H25F2N3O4/c1-4-8-20-15(23)7-9-21-17(24)22(2)11-12-5-6-13(26-16(18)19)14(10-12)25-3/h5-6,10,16H,4,7-9,11H2,1-3H3,(H,20,23)(H,21,24). The lowest BCUT2D eigenvalue weighted by molar-refractivity contribution is -0.120. The van der Waals surface area contributed by atoms with E-state index in [9.17, 15) is 18.4 Å². The minimum atomic E-state index is -2.95. The second-order valence-electron chi connectivity index (χ2n) is 5.55. The lowest BCUT2D eigenvalue weighted by Gasteiger charge is -2.19. The molecule has 0 aliphatic heterocycles. The minimum absolute atomic E-state index is 0.0727. The molecule has 3 amide bonds. The van der Waals surface area contributed by atoms with Gasteiger partial charge in [0.25, 0.3) is 0 Å². The first-order valence-corrected chi connectivity index (χ1v) is 8.24. The number of carbonyl (C=O) groups is 2. The monoisotopic (exact) mass is 373 g/mol. The number of ether oxygens (including phenoxy) is 2. The predicted octanol–water partition coefficient (Wildman–Crippen LogP) is 2.35. The molecule has 1 rings (SSSR count). The highest BCUT2D eigenvalue weighted by atomic mass is 19.3. The van der Waals surface area contributed by atoms with Gasteiger partial charge in [-0.3, -0.25) is 4.79 Å². The SMILES string of the molecule is CCCNC(=O)CCNC(=O)N(C)Cc1ccc(OC(F)F)c(OC)c1. The van der Waals surface area contributed by atoms with Crippen molar-refractivity contribution in [3.63, 3.8) is 0 Å². The first-order valence-electron chi connectivity index (χ1n) is 8.24. The Bertz CT molecular complexity index is 599. The van der Waals surface area contributed by atoms with Crippen molar-refractivity contribution in [2.24, 2.45) is 0 Å². The van der Waals surface area contributed by atoms with Gasteiger partial charge >= 0.3 is 12.6 Å². The summed E-state index contributed by atoms with van der Waals surface area (Å²) in [5.74, 6) is -0.0326. The largest absolute Gasteiger partial charge is 0.493 e. The van der Waals surface area contributed by atoms with Crippen LogP contribution in [0.2, 0.25) is 0 Å². The molecular formula is C17H25F2N3O4. The van der Waals surface area contributed by atoms with Gasteiger partial charge in [0.2, 0.25) is 5.91 Å². The Kier molecular flexibility index (Phi) is 9.18. The summed E-state index contributed by atoms with van der Waals surface area (Å²) in [6, 6.07) is 4.12. The third kappa shape index (κ3) is 7.54. The highest BCUT2D eigenvalue weighted by Crippen LogP contribution is 2.29. The number of methoxy groups -OCH3 is 1. The number of hydrogen-bond donors (Lipinski definition) is 2. The van der Waals surface area contributed by atoms with Crippen molar-refractivity contribution in [3.05, 3.63) is 23.8 Å². The van der Waals surface area contributed by atoms with Crippen molar-refractivity contribution < 1.29 is 27.8 Å². The Morgan fingerprint density at radius 2 is 1.92 bits per heavy atom. The number of urea groups is 1. The average molecular weight is 373 g/mol. The summed E-state index contributed by atoms with van der Waals surface area (Å²) in [4.78, 5) is 24.9. The molecule has 0 radical (unpaired) electrons. The summed E-state index contributed by atoms with van der Waals surface area (Å²) in [6.07, 6.45) is 1.05. The molecule has 0 bridgehead atoms. The summed E-state index contributed by atoms with van der Waals surface area (Å²) in [5, 5.41) is 5.37. The number of hydrogen-bond acceptors (Lipinski definition) is 4. The van der Waals surface area contributed by atoms with Gasteiger partial charge in [-0.25, -0.2) is 4.79 Å². The van der Waals surface area contributed by atoms with E-state index in [1.54, 1.807) is 13.1 Å². The second-order valence-corrected chi connectivity index (χ2v) is 5.55. The molecule has 0 fully saturated rings. The molecule has 1 aromatic rings. The maximum Gasteiger partial charge on any atom is 0.387 e. The fraction of sp³-hybridized carbons (Fsp3) is 0.529. The highest BCUT2D eigenvalue weighted by Gasteiger charge is 2.14. The molecule has 7 nitrogen and oxygen atoms in total. The number of rotatable bonds is 10. The van der Waals surface area contributed by atoms with Crippen LogP contribution in [0.1, 0.15) is 25.3 Å². The van der Waals surface area contributed by atoms with Crippen LogP contribution in [-0.2, 0) is 11.3 Å². The van der Waals surface area contributed by atoms with E-state index < -0.39 is 6.61 Å². The quantitative estimate of drug-likeness (QED) is 0.660. The van der Waals surface area contributed by atoms with E-state index in [2.05, 4.69) is 15.4 Å². The zero-order chi connectivity index (χ0) is 19.5. The van der Waals surface area contributed by atoms with Crippen LogP contribution in [-0.4, -0.2) is 50.7 Å². The van der Waals surface area contributed by atoms with Gasteiger partial charge in [-0.2, -0.15) is 8.78 Å². The maximum atomic E-state index is 12.3. The topological polar surface area (TPSA) is 79.9 Å². The number of amides is 3. The number of benzene rings is 1. The van der Waals surface area contributed by atoms with Gasteiger partial charge in [-0.1, -0.05) is 13.0 Å². The van der Waals surface area contributed by atoms with Gasteiger partial charge in [0.15, 0.2) is 11.5 Å². The van der Waals surface area contributed by atoms with Crippen LogP contribution < -0.4 is 20.1 Å². The van der Waals surface area contributed by atoms with E-state index in [0.717, 1.165) is 6.42 Å². The number of nitrogens with zero attached hydrogens (tertiary/aromatic N) is 1. The van der Waals surface area contributed by atoms with Crippen molar-refractivity contribution in [1.82, 2.24) is 15.5 Å². The van der Waals surface area contributed by atoms with Gasteiger partial charge in [0, 0.05) is 33.1 Å². The molecule has 0 spiro atoms. The van der Waals surface area contributed by atoms with Gasteiger partial charge in [-0.05, 0) is 24.1 Å². The van der Waals surface area contributed by atoms with Crippen LogP contribution in [0.5, 0.6) is 11.5 Å². The first-order chi connectivity index (χ1) is 12.4. The number of alkyl halides is 2. The van der Waals surface area contributed by atoms with Gasteiger partial charge in [0.1, 0.15) is 0 Å². The third-order valence-corrected chi connectivity index (χ3v) is 3.41. The Morgan fingerprint density at radius 1 is 1.19 bits per heavy atom. The van der Waals surface area contributed by atoms with E-state index in [1.165, 1.54) is 24.1 Å². The Labute approximate surface area is 151 Å². The van der Waals surface area contributed by atoms with Gasteiger partial charge < -0.3 is 25.0 Å². The summed E-state index contributed by atoms with van der Waals surface area (Å²) >= 11 is 0. The maximum absolute atomic E-state index is 12.3. The fourth-order valence-corrected chi connectivity index (χ4v) is 2.12. The van der Waals surface area contributed by atoms with Crippen LogP contribution in [0.3, 0.4) is 0 Å². The number of carbonyl (C=O) groups excluding carboxylic acids is 2. The zero-order valence-corrected chi connectivity index (χ0v) is 15.2. The minimum Gasteiger partial charge on any atom is -0.493 e. The van der Waals surface area contributed by atoms with Gasteiger partial charge in [-0.15, -0.1) is 0 Å². The second kappa shape index (κ2) is 11.1. The van der Waals surface area contributed by atoms with Gasteiger partial charge in [0.05, 0.1) is 7.11 Å². The number of halogens is 2. The van der Waals surface area contributed by atoms with E-state index in [-0.39, 0.29) is 42.9 Å². The van der Waals surface area contributed by atoms with Crippen molar-refractivity contribution in [3.8, 4) is 11.5 Å². The lowest BCUT2D eigenvalue weighted by atomic mass is 10.2. The summed E-state index contributed by atoms with van der Waals surface area (Å²) in [6.45, 7) is 0.0816. The van der Waals surface area contributed by atoms with Crippen LogP contribution in [0.25, 0.3) is 0 Å². The molecule has 0 unspecified atom stereocenters. The molecule has 0 saturated heterocycles. The van der Waals surface area contributed by atoms with Crippen molar-refractivity contribution >= 4 is 11.9 Å². The van der Waals surface area contributed by atoms with Crippen molar-refractivity contribution in [1.29, 1.82) is 0 Å². The predicted molar refractivity (Wildman–Crippen MR) is 92.4 cm³/mol. The molecular weight excluding hydrogens is 348 g/mol. The Balaban J connectivity index is 2.51. The zero-order valence-electron chi connectivity index (χ0n) is 15.2. The van der Waals surface area contributed by atoms with Crippen LogP contribution in [0.15, 0.2) is 18.2 Å². The molecule has 2 N–H and O–H groups in total. The van der Waals surface area contributed by atoms with E-state index in [0.29, 0.717) is 12.1 Å². The summed E-state index contributed by atoms with van der Waals surface area (Å²) in [5.41, 5.74) is 0.682. The van der Waals surface area contributed by atoms with E-state index >= 15 is 0 Å². The molecule has 0 aliphatic rings. The summed E-state index contributed by atoms with van der Waals surface area (Å²) in [7, 11) is 2.93. The Morgan fingerprint density at radius 3 is 2.54 bits per heavy atom. The lowest BCUT2D eigenvalue weighted by Crippen LogP contribution is -2.38. The molecule has 0 aromatic heterocycles. The first kappa shape index (κ1) is 21.5. The third-order valence-electron chi connectivity index (χ3n) is 3.41. The molecule has 146 valence electrons. The average Bonchev–Trinajstić information content (AvgIpc) is 2.60. The molecule has 9 heteroatoms. The van der Waals surface area contributed by atoms with Crippen LogP contribution in [0, 0.1) is 0 Å². The van der Waals surface area contributed by atoms with Crippen LogP contribution in [0.4, 0.5) is 13.6 Å². The molecule has 0 heterocycles. The highest BCUT2D eigenvalue weighted by molar-refractivity contribution is 5.78. The molecule has 0 atom stereocenters. The van der Waals surface area contributed by atoms with Crippen LogP contribution >= 0.6 is 0 Å². The molecule has 0 saturated carbocycles. The van der Waals surface area contributed by atoms with E-state index in [4.69, 9.17) is 4.74 Å². The smallest absolute Gasteiger partial charge is 0.387 e. The number of nitrogens with one attached hydrogen (secondary N) is 2. The summed E-state index contributed by atoms with van der Waals surface area (Å²) < 4.78 is 34.0. The normalized spacial score (nSPS) is 10.4. The molecule has 1 aromatic carbocycles. The van der Waals surface area contributed by atoms with E-state index in [1.807, 2.05) is 6.92 Å². The molecule has 26 heavy (non-hydrogen) atoms. The Hall–Kier alpha value is -2.58. The van der Waals surface area contributed by atoms with Crippen molar-refractivity contribution in [2.45, 2.75) is 32.9 Å². The fourth-order valence-electron chi connectivity index (χ4n) is 2.12. The molecule has 0 aliphatic carbocycles. The van der Waals surface area contributed by atoms with Crippen molar-refractivity contribution in [2.75, 3.05) is 27.2 Å².